The number of carboxylic acid groups (broad SMARTS) is 1. The molecule has 0 spiro atoms. The van der Waals surface area contributed by atoms with Crippen LogP contribution in [0.15, 0.2) is 78.0 Å². The number of aromatic nitrogens is 3. The van der Waals surface area contributed by atoms with Crippen LogP contribution >= 0.6 is 23.1 Å². The largest absolute Gasteiger partial charge is 0.487 e. The van der Waals surface area contributed by atoms with Crippen LogP contribution in [-0.4, -0.2) is 30.4 Å². The third-order valence-electron chi connectivity index (χ3n) is 7.13. The minimum atomic E-state index is -4.43. The number of carboxylic acids is 1. The Balaban J connectivity index is 1.56. The van der Waals surface area contributed by atoms with Gasteiger partial charge in [0, 0.05) is 51.0 Å². The molecule has 6 nitrogen and oxygen atoms in total. The molecule has 0 saturated carbocycles. The Morgan fingerprint density at radius 3 is 2.33 bits per heavy atom. The number of carbonyl (C=O) groups is 1. The summed E-state index contributed by atoms with van der Waals surface area (Å²) in [6, 6.07) is 18.9. The predicted molar refractivity (Wildman–Crippen MR) is 173 cm³/mol. The number of benzene rings is 2. The summed E-state index contributed by atoms with van der Waals surface area (Å²) in [6.07, 6.45) is -1.56. The molecular weight excluding hydrogens is 620 g/mol. The summed E-state index contributed by atoms with van der Waals surface area (Å²) in [5, 5.41) is 11.3. The maximum absolute atomic E-state index is 13.1. The lowest BCUT2D eigenvalue weighted by atomic mass is 9.88. The smallest absolute Gasteiger partial charge is 0.427 e. The van der Waals surface area contributed by atoms with Gasteiger partial charge >= 0.3 is 12.1 Å². The zero-order chi connectivity index (χ0) is 32.6. The van der Waals surface area contributed by atoms with E-state index in [-0.39, 0.29) is 11.2 Å². The first-order chi connectivity index (χ1) is 21.1. The van der Waals surface area contributed by atoms with E-state index in [1.54, 1.807) is 43.9 Å². The van der Waals surface area contributed by atoms with Gasteiger partial charge < -0.3 is 14.4 Å². The Kier molecular flexibility index (Phi) is 9.06. The maximum atomic E-state index is 13.1. The summed E-state index contributed by atoms with van der Waals surface area (Å²) in [4.78, 5) is 20.9. The van der Waals surface area contributed by atoms with E-state index in [2.05, 4.69) is 35.3 Å². The first-order valence-electron chi connectivity index (χ1n) is 14.3. The molecule has 3 heterocycles. The van der Waals surface area contributed by atoms with Crippen molar-refractivity contribution in [3.8, 4) is 16.3 Å². The van der Waals surface area contributed by atoms with E-state index in [0.717, 1.165) is 38.9 Å². The Bertz CT molecular complexity index is 1810. The van der Waals surface area contributed by atoms with Gasteiger partial charge in [-0.05, 0) is 49.7 Å². The van der Waals surface area contributed by atoms with Crippen LogP contribution in [0.4, 0.5) is 13.2 Å². The third kappa shape index (κ3) is 7.70. The Morgan fingerprint density at radius 1 is 1.00 bits per heavy atom. The SMILES string of the molecule is CC(C)(C)Sc1c(CC(C)(C)C(=O)O)n(Cc2ccc(-c3ncc(C(F)(F)F)s3)cc2)c2ccc(OCc3ccccn3)cc12. The van der Waals surface area contributed by atoms with Crippen LogP contribution in [0.1, 0.15) is 56.4 Å². The van der Waals surface area contributed by atoms with Crippen molar-refractivity contribution in [2.24, 2.45) is 5.41 Å². The number of halogens is 3. The molecule has 45 heavy (non-hydrogen) atoms. The first kappa shape index (κ1) is 32.6. The lowest BCUT2D eigenvalue weighted by Gasteiger charge is -2.24. The minimum Gasteiger partial charge on any atom is -0.487 e. The van der Waals surface area contributed by atoms with Gasteiger partial charge in [0.25, 0.3) is 0 Å². The highest BCUT2D eigenvalue weighted by atomic mass is 32.2. The predicted octanol–water partition coefficient (Wildman–Crippen LogP) is 9.35. The molecule has 2 aromatic carbocycles. The number of thiazole rings is 1. The molecule has 0 atom stereocenters. The highest BCUT2D eigenvalue weighted by Gasteiger charge is 2.34. The number of fused-ring (bicyclic) bond motifs is 1. The molecule has 5 rings (SSSR count). The van der Waals surface area contributed by atoms with E-state index < -0.39 is 22.4 Å². The van der Waals surface area contributed by atoms with Gasteiger partial charge in [-0.2, -0.15) is 13.2 Å². The van der Waals surface area contributed by atoms with Crippen molar-refractivity contribution in [3.63, 3.8) is 0 Å². The fourth-order valence-electron chi connectivity index (χ4n) is 4.83. The molecule has 0 saturated heterocycles. The monoisotopic (exact) mass is 653 g/mol. The minimum absolute atomic E-state index is 0.170. The van der Waals surface area contributed by atoms with Crippen molar-refractivity contribution < 1.29 is 27.8 Å². The van der Waals surface area contributed by atoms with Crippen molar-refractivity contribution >= 4 is 40.0 Å². The fourth-order valence-corrected chi connectivity index (χ4v) is 6.81. The zero-order valence-electron chi connectivity index (χ0n) is 25.6. The Hall–Kier alpha value is -3.83. The summed E-state index contributed by atoms with van der Waals surface area (Å²) in [5.41, 5.74) is 3.12. The number of hydrogen-bond acceptors (Lipinski definition) is 6. The zero-order valence-corrected chi connectivity index (χ0v) is 27.2. The van der Waals surface area contributed by atoms with Gasteiger partial charge in [0.15, 0.2) is 0 Å². The summed E-state index contributed by atoms with van der Waals surface area (Å²) in [5.74, 6) is -0.215. The lowest BCUT2D eigenvalue weighted by Crippen LogP contribution is -2.28. The van der Waals surface area contributed by atoms with E-state index >= 15 is 0 Å². The normalized spacial score (nSPS) is 12.5. The van der Waals surface area contributed by atoms with Gasteiger partial charge in [0.05, 0.1) is 17.3 Å². The van der Waals surface area contributed by atoms with Crippen LogP contribution in [0.5, 0.6) is 5.75 Å². The van der Waals surface area contributed by atoms with Crippen molar-refractivity contribution in [2.45, 2.75) is 70.0 Å². The van der Waals surface area contributed by atoms with Crippen LogP contribution in [0.25, 0.3) is 21.5 Å². The molecule has 0 unspecified atom stereocenters. The first-order valence-corrected chi connectivity index (χ1v) is 16.0. The topological polar surface area (TPSA) is 77.2 Å². The summed E-state index contributed by atoms with van der Waals surface area (Å²) in [6.45, 7) is 10.6. The molecule has 3 aromatic heterocycles. The average Bonchev–Trinajstić information content (AvgIpc) is 3.57. The Labute approximate surface area is 268 Å². The molecule has 0 aliphatic heterocycles. The number of alkyl halides is 3. The number of aliphatic carboxylic acids is 1. The lowest BCUT2D eigenvalue weighted by molar-refractivity contribution is -0.146. The number of hydrogen-bond donors (Lipinski definition) is 1. The van der Waals surface area contributed by atoms with E-state index in [1.807, 2.05) is 48.5 Å². The average molecular weight is 654 g/mol. The molecular formula is C34H34F3N3O3S2. The van der Waals surface area contributed by atoms with E-state index in [9.17, 15) is 23.1 Å². The van der Waals surface area contributed by atoms with E-state index in [4.69, 9.17) is 4.74 Å². The number of nitrogens with zero attached hydrogens (tertiary/aromatic N) is 3. The highest BCUT2D eigenvalue weighted by Crippen LogP contribution is 2.44. The number of thioether (sulfide) groups is 1. The van der Waals surface area contributed by atoms with Crippen LogP contribution in [-0.2, 0) is 30.5 Å². The Morgan fingerprint density at radius 2 is 1.73 bits per heavy atom. The second-order valence-electron chi connectivity index (χ2n) is 12.5. The highest BCUT2D eigenvalue weighted by molar-refractivity contribution is 8.00. The number of ether oxygens (including phenoxy) is 1. The van der Waals surface area contributed by atoms with Gasteiger partial charge in [-0.3, -0.25) is 9.78 Å². The molecule has 5 aromatic rings. The molecule has 0 aliphatic carbocycles. The van der Waals surface area contributed by atoms with Crippen LogP contribution in [0.3, 0.4) is 0 Å². The fraction of sp³-hybridized carbons (Fsp3) is 0.324. The standard InChI is InChI=1S/C34H34F3N3O3S2/c1-32(2,3)45-29-25-16-24(43-20-23-8-6-7-15-38-23)13-14-26(25)40(27(29)17-33(4,5)31(41)42)19-21-9-11-22(12-10-21)30-39-18-28(44-30)34(35,36)37/h6-16,18H,17,19-20H2,1-5H3,(H,41,42). The molecule has 0 bridgehead atoms. The molecule has 1 N–H and O–H groups in total. The summed E-state index contributed by atoms with van der Waals surface area (Å²) < 4.78 is 47.5. The second-order valence-corrected chi connectivity index (χ2v) is 15.3. The van der Waals surface area contributed by atoms with Crippen molar-refractivity contribution in [2.75, 3.05) is 0 Å². The van der Waals surface area contributed by atoms with Crippen molar-refractivity contribution in [1.29, 1.82) is 0 Å². The summed E-state index contributed by atoms with van der Waals surface area (Å²) >= 11 is 2.30. The number of rotatable bonds is 10. The van der Waals surface area contributed by atoms with Crippen LogP contribution in [0, 0.1) is 5.41 Å². The van der Waals surface area contributed by atoms with E-state index in [0.29, 0.717) is 40.8 Å². The second kappa shape index (κ2) is 12.5. The molecule has 236 valence electrons. The van der Waals surface area contributed by atoms with Gasteiger partial charge in [-0.15, -0.1) is 23.1 Å². The van der Waals surface area contributed by atoms with Gasteiger partial charge in [0.1, 0.15) is 22.2 Å². The van der Waals surface area contributed by atoms with Gasteiger partial charge in [0.2, 0.25) is 0 Å². The molecule has 0 fully saturated rings. The summed E-state index contributed by atoms with van der Waals surface area (Å²) in [7, 11) is 0. The van der Waals surface area contributed by atoms with Crippen LogP contribution in [0.2, 0.25) is 0 Å². The van der Waals surface area contributed by atoms with Gasteiger partial charge in [-0.25, -0.2) is 4.98 Å². The maximum Gasteiger partial charge on any atom is 0.427 e. The molecule has 11 heteroatoms. The van der Waals surface area contributed by atoms with Crippen molar-refractivity contribution in [1.82, 2.24) is 14.5 Å². The van der Waals surface area contributed by atoms with E-state index in [1.165, 1.54) is 0 Å². The molecule has 0 amide bonds. The number of pyridine rings is 1. The molecule has 0 aliphatic rings. The third-order valence-corrected chi connectivity index (χ3v) is 9.49. The molecule has 0 radical (unpaired) electrons. The quantitative estimate of drug-likeness (QED) is 0.151. The van der Waals surface area contributed by atoms with Gasteiger partial charge in [-0.1, -0.05) is 51.1 Å². The van der Waals surface area contributed by atoms with Crippen molar-refractivity contribution in [3.05, 3.63) is 94.9 Å². The van der Waals surface area contributed by atoms with Crippen LogP contribution < -0.4 is 4.74 Å².